The number of ether oxygens (including phenoxy) is 1. The average molecular weight is 498 g/mol. The quantitative estimate of drug-likeness (QED) is 0.575. The molecule has 4 heterocycles. The molecule has 3 aliphatic heterocycles. The van der Waals surface area contributed by atoms with Crippen molar-refractivity contribution in [3.05, 3.63) is 57.3 Å². The van der Waals surface area contributed by atoms with E-state index in [0.717, 1.165) is 11.1 Å². The molecule has 0 saturated carbocycles. The van der Waals surface area contributed by atoms with Crippen LogP contribution in [0, 0.1) is 6.92 Å². The molecule has 2 aromatic rings. The number of likely N-dealkylation sites (N-methyl/N-ethyl adjacent to an activating group) is 2. The number of aromatic nitrogens is 2. The van der Waals surface area contributed by atoms with Gasteiger partial charge in [-0.25, -0.2) is 4.98 Å². The van der Waals surface area contributed by atoms with Crippen molar-refractivity contribution in [3.63, 3.8) is 0 Å². The van der Waals surface area contributed by atoms with E-state index in [4.69, 9.17) is 4.74 Å². The van der Waals surface area contributed by atoms with Crippen LogP contribution in [-0.2, 0) is 33.0 Å². The summed E-state index contributed by atoms with van der Waals surface area (Å²) in [5.74, 6) is -2.84. The second kappa shape index (κ2) is 9.73. The summed E-state index contributed by atoms with van der Waals surface area (Å²) < 4.78 is 7.24. The second-order valence-electron chi connectivity index (χ2n) is 9.47. The molecule has 2 atom stereocenters. The molecule has 5 rings (SSSR count). The minimum absolute atomic E-state index is 0.0135. The maximum atomic E-state index is 13.2. The number of benzene rings is 1. The van der Waals surface area contributed by atoms with Gasteiger partial charge in [0.25, 0.3) is 11.5 Å². The van der Waals surface area contributed by atoms with Crippen LogP contribution in [-0.4, -0.2) is 75.5 Å². The maximum Gasteiger partial charge on any atom is 0.312 e. The first-order valence-electron chi connectivity index (χ1n) is 11.9. The number of hydrogen-bond donors (Lipinski definition) is 2. The SMILES string of the molecule is CCN(C(=O)C(=O)N(C)C)C12CCC(Cn3c1nc(C(=O)NCc1ccc(C)cc1)c(O)c3=O)OC2. The molecule has 1 fully saturated rings. The van der Waals surface area contributed by atoms with E-state index in [1.807, 2.05) is 31.2 Å². The largest absolute Gasteiger partial charge is 0.501 e. The number of nitrogens with zero attached hydrogens (tertiary/aromatic N) is 4. The Labute approximate surface area is 208 Å². The Morgan fingerprint density at radius 2 is 1.92 bits per heavy atom. The van der Waals surface area contributed by atoms with E-state index in [-0.39, 0.29) is 38.2 Å². The van der Waals surface area contributed by atoms with Crippen molar-refractivity contribution >= 4 is 17.7 Å². The van der Waals surface area contributed by atoms with Crippen molar-refractivity contribution in [1.29, 1.82) is 0 Å². The Kier molecular flexibility index (Phi) is 6.85. The zero-order valence-electron chi connectivity index (χ0n) is 20.9. The Morgan fingerprint density at radius 3 is 2.50 bits per heavy atom. The van der Waals surface area contributed by atoms with E-state index in [2.05, 4.69) is 10.3 Å². The molecular formula is C25H31N5O6. The smallest absolute Gasteiger partial charge is 0.312 e. The highest BCUT2D eigenvalue weighted by molar-refractivity contribution is 6.34. The topological polar surface area (TPSA) is 134 Å². The Hall–Kier alpha value is -3.73. The first-order valence-corrected chi connectivity index (χ1v) is 11.9. The van der Waals surface area contributed by atoms with Gasteiger partial charge in [0, 0.05) is 27.2 Å². The van der Waals surface area contributed by atoms with Crippen molar-refractivity contribution in [2.75, 3.05) is 27.2 Å². The zero-order valence-corrected chi connectivity index (χ0v) is 20.9. The zero-order chi connectivity index (χ0) is 26.2. The van der Waals surface area contributed by atoms with E-state index in [9.17, 15) is 24.3 Å². The number of amides is 3. The minimum atomic E-state index is -1.25. The summed E-state index contributed by atoms with van der Waals surface area (Å²) in [5.41, 5.74) is -0.541. The lowest BCUT2D eigenvalue weighted by molar-refractivity contribution is -0.161. The molecule has 192 valence electrons. The molecule has 2 unspecified atom stereocenters. The van der Waals surface area contributed by atoms with Gasteiger partial charge in [-0.1, -0.05) is 29.8 Å². The van der Waals surface area contributed by atoms with E-state index < -0.39 is 40.3 Å². The summed E-state index contributed by atoms with van der Waals surface area (Å²) >= 11 is 0. The molecular weight excluding hydrogens is 466 g/mol. The lowest BCUT2D eigenvalue weighted by Crippen LogP contribution is -2.58. The van der Waals surface area contributed by atoms with Crippen LogP contribution in [0.2, 0.25) is 0 Å². The maximum absolute atomic E-state index is 13.2. The first-order chi connectivity index (χ1) is 17.1. The van der Waals surface area contributed by atoms with Gasteiger partial charge in [0.2, 0.25) is 5.75 Å². The summed E-state index contributed by atoms with van der Waals surface area (Å²) in [7, 11) is 2.97. The lowest BCUT2D eigenvalue weighted by Gasteiger charge is -2.44. The van der Waals surface area contributed by atoms with E-state index in [0.29, 0.717) is 12.8 Å². The molecule has 1 aromatic heterocycles. The number of aromatic hydroxyl groups is 1. The fraction of sp³-hybridized carbons (Fsp3) is 0.480. The Bertz CT molecular complexity index is 1240. The third-order valence-corrected chi connectivity index (χ3v) is 6.84. The molecule has 11 heteroatoms. The van der Waals surface area contributed by atoms with E-state index in [1.165, 1.54) is 28.5 Å². The number of carbonyl (C=O) groups excluding carboxylic acids is 3. The van der Waals surface area contributed by atoms with Crippen molar-refractivity contribution in [2.24, 2.45) is 0 Å². The molecule has 0 radical (unpaired) electrons. The number of hydrogen-bond acceptors (Lipinski definition) is 7. The van der Waals surface area contributed by atoms with E-state index in [1.54, 1.807) is 6.92 Å². The van der Waals surface area contributed by atoms with Crippen LogP contribution < -0.4 is 10.9 Å². The summed E-state index contributed by atoms with van der Waals surface area (Å²) in [6.07, 6.45) is 0.579. The van der Waals surface area contributed by atoms with Gasteiger partial charge in [0.15, 0.2) is 5.69 Å². The fourth-order valence-electron chi connectivity index (χ4n) is 4.82. The number of fused-ring (bicyclic) bond motifs is 2. The highest BCUT2D eigenvalue weighted by Crippen LogP contribution is 2.41. The molecule has 36 heavy (non-hydrogen) atoms. The highest BCUT2D eigenvalue weighted by atomic mass is 16.5. The molecule has 2 bridgehead atoms. The van der Waals surface area contributed by atoms with Gasteiger partial charge in [0.1, 0.15) is 11.4 Å². The third kappa shape index (κ3) is 4.34. The monoisotopic (exact) mass is 497 g/mol. The molecule has 1 aromatic carbocycles. The summed E-state index contributed by atoms with van der Waals surface area (Å²) in [5, 5.41) is 13.4. The van der Waals surface area contributed by atoms with Crippen molar-refractivity contribution in [2.45, 2.75) is 51.4 Å². The van der Waals surface area contributed by atoms with Crippen molar-refractivity contribution < 1.29 is 24.2 Å². The predicted molar refractivity (Wildman–Crippen MR) is 129 cm³/mol. The third-order valence-electron chi connectivity index (χ3n) is 6.84. The van der Waals surface area contributed by atoms with Crippen molar-refractivity contribution in [3.8, 4) is 5.75 Å². The lowest BCUT2D eigenvalue weighted by atomic mass is 9.87. The van der Waals surface area contributed by atoms with Gasteiger partial charge in [0.05, 0.1) is 19.3 Å². The fourth-order valence-corrected chi connectivity index (χ4v) is 4.82. The highest BCUT2D eigenvalue weighted by Gasteiger charge is 2.52. The molecule has 3 amide bonds. The van der Waals surface area contributed by atoms with Crippen LogP contribution in [0.5, 0.6) is 5.75 Å². The molecule has 1 saturated heterocycles. The summed E-state index contributed by atoms with van der Waals surface area (Å²) in [6, 6.07) is 7.56. The molecule has 0 spiro atoms. The van der Waals surface area contributed by atoms with Gasteiger partial charge in [-0.05, 0) is 32.3 Å². The van der Waals surface area contributed by atoms with Gasteiger partial charge >= 0.3 is 11.8 Å². The summed E-state index contributed by atoms with van der Waals surface area (Å²) in [4.78, 5) is 59.1. The van der Waals surface area contributed by atoms with E-state index >= 15 is 0 Å². The van der Waals surface area contributed by atoms with Crippen LogP contribution in [0.4, 0.5) is 0 Å². The van der Waals surface area contributed by atoms with Gasteiger partial charge in [-0.15, -0.1) is 0 Å². The minimum Gasteiger partial charge on any atom is -0.501 e. The molecule has 0 aliphatic carbocycles. The number of aryl methyl sites for hydroxylation is 1. The standard InChI is InChI=1S/C25H31N5O6/c1-5-30(23(35)22(34)28(3)4)25-11-10-17(36-14-25)13-29-21(33)19(31)18(27-24(25)29)20(32)26-12-16-8-6-15(2)7-9-16/h6-9,17,31H,5,10-14H2,1-4H3,(H,26,32). The first kappa shape index (κ1) is 25.4. The van der Waals surface area contributed by atoms with Gasteiger partial charge in [-0.3, -0.25) is 23.7 Å². The number of carbonyl (C=O) groups is 3. The van der Waals surface area contributed by atoms with Crippen LogP contribution in [0.1, 0.15) is 47.2 Å². The van der Waals surface area contributed by atoms with Crippen LogP contribution in [0.25, 0.3) is 0 Å². The van der Waals surface area contributed by atoms with Crippen molar-refractivity contribution in [1.82, 2.24) is 24.7 Å². The normalized spacial score (nSPS) is 20.3. The second-order valence-corrected chi connectivity index (χ2v) is 9.47. The number of nitrogens with one attached hydrogen (secondary N) is 1. The summed E-state index contributed by atoms with van der Waals surface area (Å²) in [6.45, 7) is 4.14. The molecule has 3 aliphatic rings. The Balaban J connectivity index is 1.77. The van der Waals surface area contributed by atoms with Gasteiger partial charge in [-0.2, -0.15) is 0 Å². The van der Waals surface area contributed by atoms with Crippen LogP contribution >= 0.6 is 0 Å². The number of rotatable bonds is 5. The van der Waals surface area contributed by atoms with Gasteiger partial charge < -0.3 is 25.0 Å². The van der Waals surface area contributed by atoms with Crippen LogP contribution in [0.3, 0.4) is 0 Å². The van der Waals surface area contributed by atoms with Crippen LogP contribution in [0.15, 0.2) is 29.1 Å². The molecule has 2 N–H and O–H groups in total. The average Bonchev–Trinajstić information content (AvgIpc) is 3.12. The predicted octanol–water partition coefficient (Wildman–Crippen LogP) is 0.512. The molecule has 11 nitrogen and oxygen atoms in total. The Morgan fingerprint density at radius 1 is 1.22 bits per heavy atom.